The average molecular weight is 144 g/mol. The summed E-state index contributed by atoms with van der Waals surface area (Å²) in [4.78, 5) is 0. The lowest BCUT2D eigenvalue weighted by atomic mass is 10.2. The number of rotatable bonds is 3. The second-order valence-electron chi connectivity index (χ2n) is 1.83. The second kappa shape index (κ2) is 3.79. The summed E-state index contributed by atoms with van der Waals surface area (Å²) in [5.41, 5.74) is 0. The Morgan fingerprint density at radius 3 is 2.30 bits per heavy atom. The Morgan fingerprint density at radius 2 is 1.90 bits per heavy atom. The van der Waals surface area contributed by atoms with Crippen LogP contribution in [0.4, 0.5) is 8.78 Å². The van der Waals surface area contributed by atoms with Crippen LogP contribution in [0.5, 0.6) is 0 Å². The van der Waals surface area contributed by atoms with Crippen LogP contribution in [0.2, 0.25) is 0 Å². The minimum Gasteiger partial charge on any atom is -0.198 e. The zero-order valence-electron chi connectivity index (χ0n) is 5.27. The van der Waals surface area contributed by atoms with Gasteiger partial charge in [-0.2, -0.15) is 19.3 Å². The summed E-state index contributed by atoms with van der Waals surface area (Å²) in [6, 6.07) is 2.58. The quantitative estimate of drug-likeness (QED) is 0.567. The number of halogens is 2. The number of unbranched alkanes of at least 4 members (excludes halogenated alkanes) is 1. The van der Waals surface area contributed by atoms with E-state index < -0.39 is 12.3 Å². The molecule has 0 unspecified atom stereocenters. The Kier molecular flexibility index (Phi) is 3.35. The van der Waals surface area contributed by atoms with Gasteiger partial charge in [0.15, 0.2) is 0 Å². The van der Waals surface area contributed by atoms with E-state index in [0.29, 0.717) is 0 Å². The number of hydrogen-bond donors (Lipinski definition) is 0. The molecule has 4 heteroatoms. The summed E-state index contributed by atoms with van der Waals surface area (Å²) in [5.74, 6) is -3.25. The zero-order chi connectivity index (χ0) is 8.04. The molecular weight excluding hydrogens is 138 g/mol. The van der Waals surface area contributed by atoms with Gasteiger partial charge in [0.2, 0.25) is 0 Å². The van der Waals surface area contributed by atoms with E-state index in [2.05, 4.69) is 0 Å². The predicted molar refractivity (Wildman–Crippen MR) is 30.0 cm³/mol. The van der Waals surface area contributed by atoms with E-state index in [1.165, 1.54) is 0 Å². The molecule has 0 radical (unpaired) electrons. The Bertz CT molecular complexity index is 175. The van der Waals surface area contributed by atoms with E-state index in [-0.39, 0.29) is 12.8 Å². The average Bonchev–Trinajstić information content (AvgIpc) is 1.89. The van der Waals surface area contributed by atoms with Gasteiger partial charge in [-0.3, -0.25) is 0 Å². The molecule has 0 aromatic heterocycles. The molecule has 0 spiro atoms. The molecule has 0 bridgehead atoms. The number of hydrogen-bond acceptors (Lipinski definition) is 2. The molecule has 0 aliphatic rings. The third-order valence-corrected chi connectivity index (χ3v) is 0.943. The van der Waals surface area contributed by atoms with Crippen molar-refractivity contribution in [2.75, 3.05) is 0 Å². The molecule has 0 heterocycles. The van der Waals surface area contributed by atoms with Gasteiger partial charge in [0.1, 0.15) is 6.07 Å². The lowest BCUT2D eigenvalue weighted by Crippen LogP contribution is -2.11. The maximum atomic E-state index is 12.0. The highest BCUT2D eigenvalue weighted by molar-refractivity contribution is 4.91. The van der Waals surface area contributed by atoms with E-state index >= 15 is 0 Å². The first-order valence-corrected chi connectivity index (χ1v) is 2.78. The molecule has 0 aliphatic heterocycles. The molecule has 0 aromatic carbocycles. The van der Waals surface area contributed by atoms with Gasteiger partial charge in [-0.1, -0.05) is 0 Å². The van der Waals surface area contributed by atoms with Gasteiger partial charge >= 0.3 is 5.92 Å². The highest BCUT2D eigenvalue weighted by Crippen LogP contribution is 2.19. The molecule has 54 valence electrons. The van der Waals surface area contributed by atoms with Crippen molar-refractivity contribution in [2.45, 2.75) is 25.2 Å². The third-order valence-electron chi connectivity index (χ3n) is 0.943. The first-order chi connectivity index (χ1) is 4.62. The monoisotopic (exact) mass is 144 g/mol. The van der Waals surface area contributed by atoms with Crippen LogP contribution in [0.1, 0.15) is 19.3 Å². The summed E-state index contributed by atoms with van der Waals surface area (Å²) < 4.78 is 24.0. The first kappa shape index (κ1) is 8.84. The van der Waals surface area contributed by atoms with Gasteiger partial charge in [-0.15, -0.1) is 0 Å². The SMILES string of the molecule is N#CCCCC(F)(F)C#N. The summed E-state index contributed by atoms with van der Waals surface area (Å²) in [6.45, 7) is 0. The standard InChI is InChI=1S/C6H6F2N2/c7-6(8,5-10)3-1-2-4-9/h1-3H2. The minimum absolute atomic E-state index is 0.0804. The maximum Gasteiger partial charge on any atom is 0.332 e. The van der Waals surface area contributed by atoms with Crippen molar-refractivity contribution in [1.29, 1.82) is 10.5 Å². The van der Waals surface area contributed by atoms with E-state index in [0.717, 1.165) is 6.07 Å². The van der Waals surface area contributed by atoms with E-state index in [1.807, 2.05) is 0 Å². The van der Waals surface area contributed by atoms with Crippen LogP contribution in [0, 0.1) is 22.7 Å². The number of nitrogens with zero attached hydrogens (tertiary/aromatic N) is 2. The van der Waals surface area contributed by atoms with Crippen LogP contribution in [0.3, 0.4) is 0 Å². The van der Waals surface area contributed by atoms with Crippen molar-refractivity contribution in [3.8, 4) is 12.1 Å². The molecular formula is C6H6F2N2. The maximum absolute atomic E-state index is 12.0. The fourth-order valence-electron chi connectivity index (χ4n) is 0.445. The molecule has 0 saturated carbocycles. The molecule has 0 aliphatic carbocycles. The van der Waals surface area contributed by atoms with Crippen molar-refractivity contribution in [3.63, 3.8) is 0 Å². The van der Waals surface area contributed by atoms with Gasteiger partial charge in [-0.05, 0) is 6.42 Å². The van der Waals surface area contributed by atoms with Crippen LogP contribution in [-0.2, 0) is 0 Å². The van der Waals surface area contributed by atoms with Crippen LogP contribution in [0.15, 0.2) is 0 Å². The van der Waals surface area contributed by atoms with Gasteiger partial charge < -0.3 is 0 Å². The Morgan fingerprint density at radius 1 is 1.30 bits per heavy atom. The molecule has 0 aromatic rings. The predicted octanol–water partition coefficient (Wildman–Crippen LogP) is 1.84. The fraction of sp³-hybridized carbons (Fsp3) is 0.667. The van der Waals surface area contributed by atoms with Gasteiger partial charge in [0.05, 0.1) is 6.07 Å². The van der Waals surface area contributed by atoms with E-state index in [4.69, 9.17) is 10.5 Å². The van der Waals surface area contributed by atoms with Gasteiger partial charge in [0.25, 0.3) is 0 Å². The number of alkyl halides is 2. The van der Waals surface area contributed by atoms with Crippen LogP contribution >= 0.6 is 0 Å². The number of nitriles is 2. The molecule has 0 fully saturated rings. The second-order valence-corrected chi connectivity index (χ2v) is 1.83. The zero-order valence-corrected chi connectivity index (χ0v) is 5.27. The van der Waals surface area contributed by atoms with Crippen LogP contribution in [0.25, 0.3) is 0 Å². The fourth-order valence-corrected chi connectivity index (χ4v) is 0.445. The van der Waals surface area contributed by atoms with E-state index in [1.54, 1.807) is 6.07 Å². The summed E-state index contributed by atoms with van der Waals surface area (Å²) in [6.07, 6.45) is -0.356. The molecule has 0 amide bonds. The Balaban J connectivity index is 3.52. The van der Waals surface area contributed by atoms with E-state index in [9.17, 15) is 8.78 Å². The summed E-state index contributed by atoms with van der Waals surface area (Å²) in [5, 5.41) is 15.8. The summed E-state index contributed by atoms with van der Waals surface area (Å²) >= 11 is 0. The topological polar surface area (TPSA) is 47.6 Å². The smallest absolute Gasteiger partial charge is 0.198 e. The van der Waals surface area contributed by atoms with Crippen molar-refractivity contribution >= 4 is 0 Å². The normalized spacial score (nSPS) is 10.0. The summed E-state index contributed by atoms with van der Waals surface area (Å²) in [7, 11) is 0. The minimum atomic E-state index is -3.25. The van der Waals surface area contributed by atoms with Gasteiger partial charge in [0, 0.05) is 12.8 Å². The lowest BCUT2D eigenvalue weighted by molar-refractivity contribution is 0.0525. The van der Waals surface area contributed by atoms with Crippen molar-refractivity contribution < 1.29 is 8.78 Å². The Hall–Kier alpha value is -1.16. The van der Waals surface area contributed by atoms with Crippen molar-refractivity contribution in [3.05, 3.63) is 0 Å². The van der Waals surface area contributed by atoms with Crippen LogP contribution in [-0.4, -0.2) is 5.92 Å². The van der Waals surface area contributed by atoms with Gasteiger partial charge in [-0.25, -0.2) is 0 Å². The first-order valence-electron chi connectivity index (χ1n) is 2.78. The third kappa shape index (κ3) is 3.80. The molecule has 0 saturated heterocycles. The van der Waals surface area contributed by atoms with Crippen molar-refractivity contribution in [1.82, 2.24) is 0 Å². The lowest BCUT2D eigenvalue weighted by Gasteiger charge is -2.02. The molecule has 0 rings (SSSR count). The molecule has 0 N–H and O–H groups in total. The molecule has 2 nitrogen and oxygen atoms in total. The Labute approximate surface area is 57.7 Å². The van der Waals surface area contributed by atoms with Crippen LogP contribution < -0.4 is 0 Å². The largest absolute Gasteiger partial charge is 0.332 e. The highest BCUT2D eigenvalue weighted by Gasteiger charge is 2.26. The molecule has 10 heavy (non-hydrogen) atoms. The van der Waals surface area contributed by atoms with Crippen molar-refractivity contribution in [2.24, 2.45) is 0 Å². The molecule has 0 atom stereocenters. The highest BCUT2D eigenvalue weighted by atomic mass is 19.3.